The van der Waals surface area contributed by atoms with Crippen LogP contribution in [0.4, 0.5) is 0 Å². The molecule has 1 fully saturated rings. The molecule has 1 aromatic rings. The third kappa shape index (κ3) is 6.70. The maximum atomic E-state index is 12.7. The number of carbonyl (C=O) groups excluding carboxylic acids is 1. The summed E-state index contributed by atoms with van der Waals surface area (Å²) >= 11 is 0. The average molecular weight is 460 g/mol. The summed E-state index contributed by atoms with van der Waals surface area (Å²) in [5, 5.41) is 11.0. The number of hydrogen-bond donors (Lipinski definition) is 1. The van der Waals surface area contributed by atoms with Crippen LogP contribution in [0.2, 0.25) is 0 Å². The molecule has 3 nitrogen and oxygen atoms in total. The van der Waals surface area contributed by atoms with Crippen LogP contribution in [0.1, 0.15) is 72.3 Å². The Balaban J connectivity index is 1.55. The molecule has 0 spiro atoms. The lowest BCUT2D eigenvalue weighted by Crippen LogP contribution is -2.44. The number of nitrogens with zero attached hydrogens (tertiary/aromatic N) is 1. The van der Waals surface area contributed by atoms with Gasteiger partial charge in [-0.3, -0.25) is 4.79 Å². The van der Waals surface area contributed by atoms with Crippen molar-refractivity contribution in [2.45, 2.75) is 72.3 Å². The number of rotatable bonds is 6. The summed E-state index contributed by atoms with van der Waals surface area (Å²) in [7, 11) is 0. The minimum atomic E-state index is -0.839. The van der Waals surface area contributed by atoms with E-state index in [0.717, 1.165) is 11.1 Å². The highest BCUT2D eigenvalue weighted by atomic mass is 16.3. The summed E-state index contributed by atoms with van der Waals surface area (Å²) < 4.78 is 0. The predicted octanol–water partition coefficient (Wildman–Crippen LogP) is 7.03. The van der Waals surface area contributed by atoms with Crippen LogP contribution in [-0.4, -0.2) is 29.0 Å². The van der Waals surface area contributed by atoms with Gasteiger partial charge in [0, 0.05) is 19.2 Å². The quantitative estimate of drug-likeness (QED) is 0.366. The highest BCUT2D eigenvalue weighted by Crippen LogP contribution is 2.40. The van der Waals surface area contributed by atoms with Gasteiger partial charge in [-0.15, -0.1) is 0 Å². The average Bonchev–Trinajstić information content (AvgIpc) is 2.79. The lowest BCUT2D eigenvalue weighted by Gasteiger charge is -2.38. The fourth-order valence-corrected chi connectivity index (χ4v) is 5.10. The maximum absolute atomic E-state index is 12.7. The lowest BCUT2D eigenvalue weighted by atomic mass is 9.72. The van der Waals surface area contributed by atoms with Gasteiger partial charge < -0.3 is 10.0 Å². The van der Waals surface area contributed by atoms with E-state index < -0.39 is 5.60 Å². The molecule has 34 heavy (non-hydrogen) atoms. The monoisotopic (exact) mass is 459 g/mol. The summed E-state index contributed by atoms with van der Waals surface area (Å²) in [6, 6.07) is 9.78. The topological polar surface area (TPSA) is 40.5 Å². The molecule has 3 heteroatoms. The van der Waals surface area contributed by atoms with Crippen molar-refractivity contribution in [3.63, 3.8) is 0 Å². The third-order valence-electron chi connectivity index (χ3n) is 7.34. The van der Waals surface area contributed by atoms with E-state index in [1.165, 1.54) is 36.0 Å². The molecule has 0 saturated carbocycles. The standard InChI is InChI=1S/C31H41NO2/c1-24(16-17-28-26(3)13-10-18-30(28,4)5)11-9-12-25(2)23-29(33)32-21-19-31(34,20-22-32)27-14-7-6-8-15-27/h6-9,11-12,14-17,23,34H,10,13,18-22H2,1-5H3/b12-9+,17-16+,24-11+,25-23+. The van der Waals surface area contributed by atoms with Crippen LogP contribution in [0.15, 0.2) is 89.1 Å². The van der Waals surface area contributed by atoms with Crippen LogP contribution in [0, 0.1) is 5.41 Å². The maximum Gasteiger partial charge on any atom is 0.246 e. The van der Waals surface area contributed by atoms with Crippen molar-refractivity contribution < 1.29 is 9.90 Å². The number of amides is 1. The molecule has 0 radical (unpaired) electrons. The largest absolute Gasteiger partial charge is 0.385 e. The number of allylic oxidation sites excluding steroid dienone is 9. The number of aliphatic hydroxyl groups is 1. The van der Waals surface area contributed by atoms with E-state index in [4.69, 9.17) is 0 Å². The van der Waals surface area contributed by atoms with Gasteiger partial charge in [-0.2, -0.15) is 0 Å². The smallest absolute Gasteiger partial charge is 0.246 e. The van der Waals surface area contributed by atoms with Crippen LogP contribution in [0.3, 0.4) is 0 Å². The van der Waals surface area contributed by atoms with Crippen molar-refractivity contribution in [3.8, 4) is 0 Å². The molecule has 3 rings (SSSR count). The third-order valence-corrected chi connectivity index (χ3v) is 7.34. The molecular weight excluding hydrogens is 418 g/mol. The number of hydrogen-bond acceptors (Lipinski definition) is 2. The van der Waals surface area contributed by atoms with Crippen LogP contribution in [-0.2, 0) is 10.4 Å². The van der Waals surface area contributed by atoms with Gasteiger partial charge in [0.25, 0.3) is 0 Å². The fourth-order valence-electron chi connectivity index (χ4n) is 5.10. The Labute approximate surface area is 206 Å². The second kappa shape index (κ2) is 11.2. The molecule has 1 heterocycles. The van der Waals surface area contributed by atoms with Crippen LogP contribution < -0.4 is 0 Å². The molecular formula is C31H41NO2. The zero-order chi connectivity index (χ0) is 24.8. The van der Waals surface area contributed by atoms with Crippen molar-refractivity contribution in [2.75, 3.05) is 13.1 Å². The van der Waals surface area contributed by atoms with Crippen molar-refractivity contribution in [3.05, 3.63) is 94.6 Å². The number of benzene rings is 1. The fraction of sp³-hybridized carbons (Fsp3) is 0.452. The molecule has 1 aliphatic heterocycles. The number of carbonyl (C=O) groups is 1. The van der Waals surface area contributed by atoms with Gasteiger partial charge in [0.05, 0.1) is 5.60 Å². The first-order valence-electron chi connectivity index (χ1n) is 12.6. The van der Waals surface area contributed by atoms with Gasteiger partial charge in [0.1, 0.15) is 0 Å². The SMILES string of the molecule is CC1=C(/C=C/C(C)=C/C=C/C(C)=C/C(=O)N2CCC(O)(c3ccccc3)CC2)C(C)(C)CCC1. The van der Waals surface area contributed by atoms with E-state index in [1.807, 2.05) is 54.3 Å². The Bertz CT molecular complexity index is 1010. The predicted molar refractivity (Wildman–Crippen MR) is 142 cm³/mol. The molecule has 0 bridgehead atoms. The van der Waals surface area contributed by atoms with E-state index in [1.54, 1.807) is 6.08 Å². The van der Waals surface area contributed by atoms with E-state index >= 15 is 0 Å². The van der Waals surface area contributed by atoms with Crippen molar-refractivity contribution in [1.82, 2.24) is 4.90 Å². The van der Waals surface area contributed by atoms with Gasteiger partial charge >= 0.3 is 0 Å². The number of likely N-dealkylation sites (tertiary alicyclic amines) is 1. The Hall–Kier alpha value is -2.65. The van der Waals surface area contributed by atoms with Crippen molar-refractivity contribution in [2.24, 2.45) is 5.41 Å². The highest BCUT2D eigenvalue weighted by Gasteiger charge is 2.34. The number of piperidine rings is 1. The molecule has 1 aromatic carbocycles. The van der Waals surface area contributed by atoms with Crippen molar-refractivity contribution >= 4 is 5.91 Å². The second-order valence-electron chi connectivity index (χ2n) is 10.6. The first-order valence-corrected chi connectivity index (χ1v) is 12.6. The van der Waals surface area contributed by atoms with Crippen LogP contribution in [0.5, 0.6) is 0 Å². The molecule has 1 N–H and O–H groups in total. The first-order chi connectivity index (χ1) is 16.1. The summed E-state index contributed by atoms with van der Waals surface area (Å²) in [5.74, 6) is 0.0137. The molecule has 2 aliphatic rings. The normalized spacial score (nSPS) is 21.5. The van der Waals surface area contributed by atoms with E-state index in [-0.39, 0.29) is 11.3 Å². The lowest BCUT2D eigenvalue weighted by molar-refractivity contribution is -0.130. The highest BCUT2D eigenvalue weighted by molar-refractivity contribution is 5.88. The zero-order valence-corrected chi connectivity index (χ0v) is 21.6. The second-order valence-corrected chi connectivity index (χ2v) is 10.6. The first kappa shape index (κ1) is 26.0. The van der Waals surface area contributed by atoms with Gasteiger partial charge in [-0.1, -0.05) is 85.7 Å². The molecule has 1 aliphatic carbocycles. The van der Waals surface area contributed by atoms with E-state index in [2.05, 4.69) is 45.9 Å². The Morgan fingerprint density at radius 3 is 2.32 bits per heavy atom. The van der Waals surface area contributed by atoms with Crippen LogP contribution in [0.25, 0.3) is 0 Å². The Kier molecular flexibility index (Phi) is 8.54. The minimum Gasteiger partial charge on any atom is -0.385 e. The van der Waals surface area contributed by atoms with E-state index in [9.17, 15) is 9.90 Å². The van der Waals surface area contributed by atoms with Gasteiger partial charge in [0.15, 0.2) is 0 Å². The zero-order valence-electron chi connectivity index (χ0n) is 21.6. The van der Waals surface area contributed by atoms with Gasteiger partial charge in [0.2, 0.25) is 5.91 Å². The molecule has 0 aromatic heterocycles. The summed E-state index contributed by atoms with van der Waals surface area (Å²) in [5.41, 5.74) is 5.44. The van der Waals surface area contributed by atoms with Crippen LogP contribution >= 0.6 is 0 Å². The minimum absolute atomic E-state index is 0.0137. The molecule has 1 saturated heterocycles. The Morgan fingerprint density at radius 1 is 1.00 bits per heavy atom. The summed E-state index contributed by atoms with van der Waals surface area (Å²) in [6.07, 6.45) is 17.1. The molecule has 182 valence electrons. The summed E-state index contributed by atoms with van der Waals surface area (Å²) in [4.78, 5) is 14.6. The molecule has 0 atom stereocenters. The van der Waals surface area contributed by atoms with Gasteiger partial charge in [-0.05, 0) is 75.0 Å². The summed E-state index contributed by atoms with van der Waals surface area (Å²) in [6.45, 7) is 12.1. The Morgan fingerprint density at radius 2 is 1.68 bits per heavy atom. The van der Waals surface area contributed by atoms with Crippen molar-refractivity contribution in [1.29, 1.82) is 0 Å². The van der Waals surface area contributed by atoms with E-state index in [0.29, 0.717) is 25.9 Å². The van der Waals surface area contributed by atoms with Gasteiger partial charge in [-0.25, -0.2) is 0 Å². The molecule has 0 unspecified atom stereocenters. The molecule has 1 amide bonds.